The number of ketones is 1. The standard InChI is InChI=1S/C8H15ClO2/c1-11-7-3-5-8(10)4-2-6-9/h2-7H2,1H3. The van der Waals surface area contributed by atoms with Crippen molar-refractivity contribution >= 4 is 17.4 Å². The summed E-state index contributed by atoms with van der Waals surface area (Å²) in [6, 6.07) is 0. The van der Waals surface area contributed by atoms with Crippen molar-refractivity contribution in [3.63, 3.8) is 0 Å². The molecule has 0 aromatic rings. The van der Waals surface area contributed by atoms with Gasteiger partial charge in [-0.05, 0) is 12.8 Å². The first-order valence-electron chi connectivity index (χ1n) is 3.88. The normalized spacial score (nSPS) is 10.0. The van der Waals surface area contributed by atoms with Gasteiger partial charge in [-0.15, -0.1) is 11.6 Å². The fourth-order valence-corrected chi connectivity index (χ4v) is 0.936. The van der Waals surface area contributed by atoms with Crippen LogP contribution < -0.4 is 0 Å². The van der Waals surface area contributed by atoms with Crippen molar-refractivity contribution in [2.24, 2.45) is 0 Å². The smallest absolute Gasteiger partial charge is 0.133 e. The summed E-state index contributed by atoms with van der Waals surface area (Å²) in [6.45, 7) is 0.673. The van der Waals surface area contributed by atoms with E-state index in [0.717, 1.165) is 12.8 Å². The summed E-state index contributed by atoms with van der Waals surface area (Å²) in [5.41, 5.74) is 0. The molecule has 3 heteroatoms. The monoisotopic (exact) mass is 178 g/mol. The summed E-state index contributed by atoms with van der Waals surface area (Å²) in [4.78, 5) is 11.0. The second-order valence-electron chi connectivity index (χ2n) is 2.43. The van der Waals surface area contributed by atoms with E-state index in [0.29, 0.717) is 31.1 Å². The first-order chi connectivity index (χ1) is 5.31. The predicted molar refractivity (Wildman–Crippen MR) is 46.1 cm³/mol. The molecule has 0 radical (unpaired) electrons. The van der Waals surface area contributed by atoms with Crippen molar-refractivity contribution in [3.05, 3.63) is 0 Å². The number of carbonyl (C=O) groups is 1. The maximum absolute atomic E-state index is 11.0. The third kappa shape index (κ3) is 7.82. The molecule has 66 valence electrons. The molecule has 0 bridgehead atoms. The van der Waals surface area contributed by atoms with E-state index >= 15 is 0 Å². The number of Topliss-reactive ketones (excluding diaryl/α,β-unsaturated/α-hetero) is 1. The van der Waals surface area contributed by atoms with Gasteiger partial charge in [0.25, 0.3) is 0 Å². The number of alkyl halides is 1. The molecule has 0 saturated heterocycles. The Bertz CT molecular complexity index is 104. The second-order valence-corrected chi connectivity index (χ2v) is 2.81. The summed E-state index contributed by atoms with van der Waals surface area (Å²) in [5.74, 6) is 0.874. The predicted octanol–water partition coefficient (Wildman–Crippen LogP) is 2.00. The number of methoxy groups -OCH3 is 1. The van der Waals surface area contributed by atoms with Crippen LogP contribution in [0.3, 0.4) is 0 Å². The van der Waals surface area contributed by atoms with Crippen molar-refractivity contribution in [1.82, 2.24) is 0 Å². The Morgan fingerprint density at radius 3 is 2.55 bits per heavy atom. The second kappa shape index (κ2) is 8.02. The lowest BCUT2D eigenvalue weighted by molar-refractivity contribution is -0.119. The van der Waals surface area contributed by atoms with Gasteiger partial charge in [0, 0.05) is 32.4 Å². The third-order valence-corrected chi connectivity index (χ3v) is 1.66. The highest BCUT2D eigenvalue weighted by Gasteiger charge is 1.99. The molecule has 0 unspecified atom stereocenters. The fraction of sp³-hybridized carbons (Fsp3) is 0.875. The maximum atomic E-state index is 11.0. The van der Waals surface area contributed by atoms with Crippen LogP contribution in [0, 0.1) is 0 Å². The van der Waals surface area contributed by atoms with E-state index in [1.807, 2.05) is 0 Å². The molecule has 0 atom stereocenters. The number of carbonyl (C=O) groups excluding carboxylic acids is 1. The van der Waals surface area contributed by atoms with Gasteiger partial charge in [-0.1, -0.05) is 0 Å². The van der Waals surface area contributed by atoms with Gasteiger partial charge in [-0.2, -0.15) is 0 Å². The zero-order chi connectivity index (χ0) is 8.53. The van der Waals surface area contributed by atoms with Gasteiger partial charge in [0.15, 0.2) is 0 Å². The Kier molecular flexibility index (Phi) is 7.96. The van der Waals surface area contributed by atoms with E-state index in [1.165, 1.54) is 0 Å². The molecule has 11 heavy (non-hydrogen) atoms. The lowest BCUT2D eigenvalue weighted by Crippen LogP contribution is -2.00. The highest BCUT2D eigenvalue weighted by atomic mass is 35.5. The largest absolute Gasteiger partial charge is 0.385 e. The van der Waals surface area contributed by atoms with E-state index in [4.69, 9.17) is 16.3 Å². The van der Waals surface area contributed by atoms with Crippen LogP contribution in [0.4, 0.5) is 0 Å². The molecule has 0 aromatic heterocycles. The lowest BCUT2D eigenvalue weighted by atomic mass is 10.1. The van der Waals surface area contributed by atoms with Gasteiger partial charge in [-0.25, -0.2) is 0 Å². The zero-order valence-corrected chi connectivity index (χ0v) is 7.69. The van der Waals surface area contributed by atoms with Crippen LogP contribution in [-0.4, -0.2) is 25.4 Å². The summed E-state index contributed by atoms with van der Waals surface area (Å²) >= 11 is 5.43. The van der Waals surface area contributed by atoms with E-state index in [9.17, 15) is 4.79 Å². The van der Waals surface area contributed by atoms with Gasteiger partial charge in [0.1, 0.15) is 5.78 Å². The third-order valence-electron chi connectivity index (χ3n) is 1.39. The molecule has 0 aliphatic carbocycles. The molecular weight excluding hydrogens is 164 g/mol. The number of ether oxygens (including phenoxy) is 1. The van der Waals surface area contributed by atoms with E-state index in [1.54, 1.807) is 7.11 Å². The SMILES string of the molecule is COCCCC(=O)CCCCl. The number of rotatable bonds is 7. The molecule has 0 spiro atoms. The van der Waals surface area contributed by atoms with Crippen LogP contribution in [0.15, 0.2) is 0 Å². The summed E-state index contributed by atoms with van der Waals surface area (Å²) in [7, 11) is 1.64. The molecule has 0 N–H and O–H groups in total. The molecule has 0 fully saturated rings. The molecule has 0 rings (SSSR count). The maximum Gasteiger partial charge on any atom is 0.133 e. The Morgan fingerprint density at radius 1 is 1.36 bits per heavy atom. The first kappa shape index (κ1) is 10.9. The van der Waals surface area contributed by atoms with Crippen LogP contribution in [0.5, 0.6) is 0 Å². The van der Waals surface area contributed by atoms with E-state index in [-0.39, 0.29) is 0 Å². The van der Waals surface area contributed by atoms with Gasteiger partial charge in [0.2, 0.25) is 0 Å². The van der Waals surface area contributed by atoms with Crippen molar-refractivity contribution in [2.75, 3.05) is 19.6 Å². The minimum Gasteiger partial charge on any atom is -0.385 e. The summed E-state index contributed by atoms with van der Waals surface area (Å²) in [5, 5.41) is 0. The number of hydrogen-bond donors (Lipinski definition) is 0. The van der Waals surface area contributed by atoms with Crippen LogP contribution in [0.1, 0.15) is 25.7 Å². The minimum absolute atomic E-state index is 0.294. The van der Waals surface area contributed by atoms with Crippen molar-refractivity contribution < 1.29 is 9.53 Å². The molecule has 0 aromatic carbocycles. The topological polar surface area (TPSA) is 26.3 Å². The highest BCUT2D eigenvalue weighted by molar-refractivity contribution is 6.17. The lowest BCUT2D eigenvalue weighted by Gasteiger charge is -1.97. The van der Waals surface area contributed by atoms with E-state index in [2.05, 4.69) is 0 Å². The fourth-order valence-electron chi connectivity index (χ4n) is 0.803. The van der Waals surface area contributed by atoms with Crippen LogP contribution >= 0.6 is 11.6 Å². The van der Waals surface area contributed by atoms with Gasteiger partial charge >= 0.3 is 0 Å². The Morgan fingerprint density at radius 2 is 2.00 bits per heavy atom. The average molecular weight is 179 g/mol. The Balaban J connectivity index is 3.09. The average Bonchev–Trinajstić information content (AvgIpc) is 2.01. The molecule has 2 nitrogen and oxygen atoms in total. The molecule has 0 saturated carbocycles. The Labute approximate surface area is 72.9 Å². The van der Waals surface area contributed by atoms with Crippen LogP contribution in [0.25, 0.3) is 0 Å². The molecule has 0 heterocycles. The van der Waals surface area contributed by atoms with Crippen molar-refractivity contribution in [2.45, 2.75) is 25.7 Å². The molecule has 0 aliphatic rings. The zero-order valence-electron chi connectivity index (χ0n) is 6.94. The number of halogens is 1. The van der Waals surface area contributed by atoms with Gasteiger partial charge in [-0.3, -0.25) is 4.79 Å². The van der Waals surface area contributed by atoms with Crippen molar-refractivity contribution in [1.29, 1.82) is 0 Å². The molecule has 0 amide bonds. The van der Waals surface area contributed by atoms with Gasteiger partial charge in [0.05, 0.1) is 0 Å². The minimum atomic E-state index is 0.294. The summed E-state index contributed by atoms with van der Waals surface area (Å²) in [6.07, 6.45) is 2.88. The van der Waals surface area contributed by atoms with Crippen LogP contribution in [0.2, 0.25) is 0 Å². The highest BCUT2D eigenvalue weighted by Crippen LogP contribution is 1.99. The van der Waals surface area contributed by atoms with Crippen LogP contribution in [-0.2, 0) is 9.53 Å². The Hall–Kier alpha value is -0.0800. The number of hydrogen-bond acceptors (Lipinski definition) is 2. The van der Waals surface area contributed by atoms with Gasteiger partial charge < -0.3 is 4.74 Å². The quantitative estimate of drug-likeness (QED) is 0.440. The van der Waals surface area contributed by atoms with E-state index < -0.39 is 0 Å². The van der Waals surface area contributed by atoms with Crippen molar-refractivity contribution in [3.8, 4) is 0 Å². The first-order valence-corrected chi connectivity index (χ1v) is 4.41. The molecule has 0 aliphatic heterocycles. The summed E-state index contributed by atoms with van der Waals surface area (Å²) < 4.78 is 4.82. The molecular formula is C8H15ClO2.